The summed E-state index contributed by atoms with van der Waals surface area (Å²) in [7, 11) is 0. The molecule has 0 aromatic heterocycles. The van der Waals surface area contributed by atoms with E-state index >= 15 is 0 Å². The molecule has 0 radical (unpaired) electrons. The van der Waals surface area contributed by atoms with E-state index in [0.29, 0.717) is 6.07 Å². The molecule has 6 heteroatoms. The smallest absolute Gasteiger partial charge is 0.228 e. The van der Waals surface area contributed by atoms with Gasteiger partial charge in [0.15, 0.2) is 5.82 Å². The minimum absolute atomic E-state index is 0.101. The zero-order chi connectivity index (χ0) is 11.9. The molecule has 2 nitrogen and oxygen atoms in total. The van der Waals surface area contributed by atoms with Gasteiger partial charge in [0.25, 0.3) is 0 Å². The number of benzene rings is 1. The third kappa shape index (κ3) is 1.99. The zero-order valence-electron chi connectivity index (χ0n) is 8.01. The number of carbonyl (C=O) groups is 1. The second-order valence-electron chi connectivity index (χ2n) is 3.52. The Balaban J connectivity index is 2.44. The van der Waals surface area contributed by atoms with Gasteiger partial charge >= 0.3 is 0 Å². The van der Waals surface area contributed by atoms with Crippen molar-refractivity contribution in [3.63, 3.8) is 0 Å². The van der Waals surface area contributed by atoms with Crippen molar-refractivity contribution in [2.24, 2.45) is 0 Å². The lowest BCUT2D eigenvalue weighted by Crippen LogP contribution is -2.26. The molecule has 86 valence electrons. The first-order chi connectivity index (χ1) is 7.49. The van der Waals surface area contributed by atoms with Crippen molar-refractivity contribution in [2.45, 2.75) is 11.8 Å². The fraction of sp³-hybridized carbons (Fsp3) is 0.300. The summed E-state index contributed by atoms with van der Waals surface area (Å²) in [6.45, 7) is 0.183. The molecule has 0 aliphatic carbocycles. The van der Waals surface area contributed by atoms with Gasteiger partial charge in [-0.05, 0) is 6.07 Å². The van der Waals surface area contributed by atoms with Gasteiger partial charge in [-0.1, -0.05) is 11.6 Å². The van der Waals surface area contributed by atoms with Crippen molar-refractivity contribution in [1.82, 2.24) is 0 Å². The van der Waals surface area contributed by atoms with Crippen LogP contribution in [0.25, 0.3) is 0 Å². The second kappa shape index (κ2) is 4.18. The number of rotatable bonds is 1. The largest absolute Gasteiger partial charge is 0.307 e. The van der Waals surface area contributed by atoms with Crippen LogP contribution in [0.4, 0.5) is 14.5 Å². The van der Waals surface area contributed by atoms with Gasteiger partial charge in [0, 0.05) is 19.0 Å². The molecule has 0 saturated carbocycles. The van der Waals surface area contributed by atoms with Crippen LogP contribution in [0.2, 0.25) is 5.02 Å². The summed E-state index contributed by atoms with van der Waals surface area (Å²) in [5.74, 6) is -1.95. The molecule has 0 N–H and O–H groups in total. The fourth-order valence-corrected chi connectivity index (χ4v) is 2.24. The standard InChI is InChI=1S/C10H7Cl2F2NO/c11-5-1-9(16)15(4-5)10-7(12)2-6(13)3-8(10)14/h2-3,5H,1,4H2. The first kappa shape index (κ1) is 11.6. The Morgan fingerprint density at radius 2 is 2.06 bits per heavy atom. The molecular formula is C10H7Cl2F2NO. The molecule has 0 bridgehead atoms. The lowest BCUT2D eigenvalue weighted by molar-refractivity contribution is -0.117. The van der Waals surface area contributed by atoms with Crippen LogP contribution in [-0.2, 0) is 4.79 Å². The summed E-state index contributed by atoms with van der Waals surface area (Å²) in [5, 5.41) is -0.496. The van der Waals surface area contributed by atoms with E-state index in [-0.39, 0.29) is 35.0 Å². The van der Waals surface area contributed by atoms with E-state index in [9.17, 15) is 13.6 Å². The zero-order valence-corrected chi connectivity index (χ0v) is 9.53. The first-order valence-corrected chi connectivity index (χ1v) is 5.39. The number of anilines is 1. The van der Waals surface area contributed by atoms with Crippen LogP contribution < -0.4 is 4.90 Å². The Morgan fingerprint density at radius 3 is 2.56 bits per heavy atom. The van der Waals surface area contributed by atoms with Crippen LogP contribution in [0, 0.1) is 11.6 Å². The minimum atomic E-state index is -0.857. The molecule has 1 aliphatic heterocycles. The molecule has 2 rings (SSSR count). The molecule has 1 atom stereocenters. The lowest BCUT2D eigenvalue weighted by Gasteiger charge is -2.18. The summed E-state index contributed by atoms with van der Waals surface area (Å²) in [6.07, 6.45) is 0.134. The maximum Gasteiger partial charge on any atom is 0.228 e. The summed E-state index contributed by atoms with van der Waals surface area (Å²) in [4.78, 5) is 12.6. The van der Waals surface area contributed by atoms with E-state index in [1.54, 1.807) is 0 Å². The highest BCUT2D eigenvalue weighted by atomic mass is 35.5. The molecule has 1 unspecified atom stereocenters. The minimum Gasteiger partial charge on any atom is -0.307 e. The van der Waals surface area contributed by atoms with Crippen LogP contribution in [0.15, 0.2) is 12.1 Å². The summed E-state index contributed by atoms with van der Waals surface area (Å²) < 4.78 is 26.3. The summed E-state index contributed by atoms with van der Waals surface area (Å²) in [5.41, 5.74) is -0.101. The third-order valence-electron chi connectivity index (χ3n) is 2.33. The van der Waals surface area contributed by atoms with Gasteiger partial charge in [-0.25, -0.2) is 8.78 Å². The van der Waals surface area contributed by atoms with Crippen molar-refractivity contribution in [2.75, 3.05) is 11.4 Å². The highest BCUT2D eigenvalue weighted by molar-refractivity contribution is 6.34. The molecule has 0 spiro atoms. The lowest BCUT2D eigenvalue weighted by atomic mass is 10.2. The Hall–Kier alpha value is -0.870. The summed E-state index contributed by atoms with van der Waals surface area (Å²) in [6, 6.07) is 1.66. The molecule has 1 fully saturated rings. The van der Waals surface area contributed by atoms with Crippen molar-refractivity contribution in [1.29, 1.82) is 0 Å². The maximum absolute atomic E-state index is 13.5. The van der Waals surface area contributed by atoms with E-state index in [1.165, 1.54) is 0 Å². The van der Waals surface area contributed by atoms with Crippen LogP contribution in [0.5, 0.6) is 0 Å². The Morgan fingerprint density at radius 1 is 1.38 bits per heavy atom. The fourth-order valence-electron chi connectivity index (χ4n) is 1.67. The third-order valence-corrected chi connectivity index (χ3v) is 2.91. The highest BCUT2D eigenvalue weighted by Gasteiger charge is 2.32. The van der Waals surface area contributed by atoms with Gasteiger partial charge in [-0.2, -0.15) is 0 Å². The molecule has 1 aliphatic rings. The van der Waals surface area contributed by atoms with Gasteiger partial charge in [0.05, 0.1) is 16.1 Å². The quantitative estimate of drug-likeness (QED) is 0.715. The number of hydrogen-bond donors (Lipinski definition) is 0. The van der Waals surface area contributed by atoms with Gasteiger partial charge in [0.2, 0.25) is 5.91 Å². The maximum atomic E-state index is 13.5. The molecule has 1 aromatic carbocycles. The number of alkyl halides is 1. The summed E-state index contributed by atoms with van der Waals surface area (Å²) >= 11 is 11.5. The molecule has 1 amide bonds. The molecule has 16 heavy (non-hydrogen) atoms. The van der Waals surface area contributed by atoms with Gasteiger partial charge in [0.1, 0.15) is 5.82 Å². The van der Waals surface area contributed by atoms with Gasteiger partial charge in [-0.3, -0.25) is 4.79 Å². The molecular weight excluding hydrogens is 259 g/mol. The van der Waals surface area contributed by atoms with Crippen LogP contribution in [0.1, 0.15) is 6.42 Å². The number of carbonyl (C=O) groups excluding carboxylic acids is 1. The predicted octanol–water partition coefficient (Wildman–Crippen LogP) is 2.96. The highest BCUT2D eigenvalue weighted by Crippen LogP contribution is 2.33. The van der Waals surface area contributed by atoms with Crippen molar-refractivity contribution >= 4 is 34.8 Å². The van der Waals surface area contributed by atoms with Crippen molar-refractivity contribution in [3.8, 4) is 0 Å². The first-order valence-electron chi connectivity index (χ1n) is 4.58. The molecule has 1 saturated heterocycles. The van der Waals surface area contributed by atoms with Crippen LogP contribution >= 0.6 is 23.2 Å². The van der Waals surface area contributed by atoms with E-state index in [0.717, 1.165) is 11.0 Å². The monoisotopic (exact) mass is 265 g/mol. The Bertz CT molecular complexity index is 429. The van der Waals surface area contributed by atoms with E-state index in [1.807, 2.05) is 0 Å². The number of nitrogens with zero attached hydrogens (tertiary/aromatic N) is 1. The SMILES string of the molecule is O=C1CC(Cl)CN1c1c(F)cc(F)cc1Cl. The Kier molecular flexibility index (Phi) is 3.04. The average Bonchev–Trinajstić information content (AvgIpc) is 2.43. The average molecular weight is 266 g/mol. The van der Waals surface area contributed by atoms with Gasteiger partial charge < -0.3 is 4.90 Å². The van der Waals surface area contributed by atoms with Gasteiger partial charge in [-0.15, -0.1) is 11.6 Å². The topological polar surface area (TPSA) is 20.3 Å². The number of hydrogen-bond acceptors (Lipinski definition) is 1. The van der Waals surface area contributed by atoms with Crippen LogP contribution in [0.3, 0.4) is 0 Å². The normalized spacial score (nSPS) is 20.6. The van der Waals surface area contributed by atoms with E-state index < -0.39 is 11.6 Å². The van der Waals surface area contributed by atoms with E-state index in [2.05, 4.69) is 0 Å². The van der Waals surface area contributed by atoms with Crippen molar-refractivity contribution < 1.29 is 13.6 Å². The van der Waals surface area contributed by atoms with Crippen LogP contribution in [-0.4, -0.2) is 17.8 Å². The van der Waals surface area contributed by atoms with E-state index in [4.69, 9.17) is 23.2 Å². The van der Waals surface area contributed by atoms with Crippen molar-refractivity contribution in [3.05, 3.63) is 28.8 Å². The molecule has 1 heterocycles. The second-order valence-corrected chi connectivity index (χ2v) is 4.55. The molecule has 1 aromatic rings. The Labute approximate surface area is 101 Å². The number of amides is 1. The number of halogens is 4. The predicted molar refractivity (Wildman–Crippen MR) is 58.0 cm³/mol.